The largest absolute Gasteiger partial charge is 0.478 e. The standard InChI is InChI=1S/C14H11N3O3/c1-9-8-10(2-3-11(9)14(18)19)20-13-12-4-5-16-17(12)7-6-15-13/h2-8H,1H3,(H,18,19). The number of hydrogen-bond acceptors (Lipinski definition) is 4. The molecule has 0 aliphatic carbocycles. The normalized spacial score (nSPS) is 10.7. The zero-order valence-electron chi connectivity index (χ0n) is 10.6. The van der Waals surface area contributed by atoms with Crippen molar-refractivity contribution in [1.82, 2.24) is 14.6 Å². The molecule has 100 valence electrons. The van der Waals surface area contributed by atoms with Crippen LogP contribution in [0.1, 0.15) is 15.9 Å². The van der Waals surface area contributed by atoms with Gasteiger partial charge in [0.15, 0.2) is 0 Å². The predicted octanol–water partition coefficient (Wildman–Crippen LogP) is 2.53. The van der Waals surface area contributed by atoms with E-state index in [9.17, 15) is 4.79 Å². The Morgan fingerprint density at radius 2 is 2.15 bits per heavy atom. The van der Waals surface area contributed by atoms with Gasteiger partial charge in [-0.3, -0.25) is 0 Å². The number of rotatable bonds is 3. The van der Waals surface area contributed by atoms with E-state index < -0.39 is 5.97 Å². The average Bonchev–Trinajstić information content (AvgIpc) is 2.87. The number of benzene rings is 1. The third kappa shape index (κ3) is 2.07. The number of hydrogen-bond donors (Lipinski definition) is 1. The lowest BCUT2D eigenvalue weighted by Gasteiger charge is -2.08. The van der Waals surface area contributed by atoms with Gasteiger partial charge in [0.1, 0.15) is 11.3 Å². The van der Waals surface area contributed by atoms with Crippen molar-refractivity contribution in [2.24, 2.45) is 0 Å². The molecule has 2 heterocycles. The van der Waals surface area contributed by atoms with Gasteiger partial charge in [0, 0.05) is 12.4 Å². The maximum atomic E-state index is 11.0. The Balaban J connectivity index is 1.97. The zero-order valence-corrected chi connectivity index (χ0v) is 10.6. The number of carboxylic acids is 1. The lowest BCUT2D eigenvalue weighted by Crippen LogP contribution is -2.00. The van der Waals surface area contributed by atoms with E-state index in [-0.39, 0.29) is 5.56 Å². The summed E-state index contributed by atoms with van der Waals surface area (Å²) in [6.07, 6.45) is 4.97. The molecule has 6 nitrogen and oxygen atoms in total. The Morgan fingerprint density at radius 3 is 2.90 bits per heavy atom. The smallest absolute Gasteiger partial charge is 0.335 e. The van der Waals surface area contributed by atoms with Crippen molar-refractivity contribution in [2.45, 2.75) is 6.92 Å². The van der Waals surface area contributed by atoms with E-state index in [2.05, 4.69) is 10.1 Å². The first-order valence-electron chi connectivity index (χ1n) is 5.95. The summed E-state index contributed by atoms with van der Waals surface area (Å²) in [4.78, 5) is 15.1. The molecule has 1 aromatic carbocycles. The van der Waals surface area contributed by atoms with Gasteiger partial charge in [0.25, 0.3) is 0 Å². The fourth-order valence-corrected chi connectivity index (χ4v) is 1.96. The summed E-state index contributed by atoms with van der Waals surface area (Å²) in [5, 5.41) is 13.1. The number of aromatic carboxylic acids is 1. The van der Waals surface area contributed by atoms with Crippen molar-refractivity contribution < 1.29 is 14.6 Å². The minimum Gasteiger partial charge on any atom is -0.478 e. The second kappa shape index (κ2) is 4.65. The Hall–Kier alpha value is -2.89. The quantitative estimate of drug-likeness (QED) is 0.790. The van der Waals surface area contributed by atoms with Crippen LogP contribution in [-0.2, 0) is 0 Å². The van der Waals surface area contributed by atoms with Gasteiger partial charge >= 0.3 is 5.97 Å². The molecule has 0 saturated heterocycles. The third-order valence-electron chi connectivity index (χ3n) is 2.93. The molecular formula is C14H11N3O3. The van der Waals surface area contributed by atoms with Crippen molar-refractivity contribution in [1.29, 1.82) is 0 Å². The van der Waals surface area contributed by atoms with Crippen LogP contribution in [0.5, 0.6) is 11.6 Å². The predicted molar refractivity (Wildman–Crippen MR) is 71.2 cm³/mol. The van der Waals surface area contributed by atoms with Crippen molar-refractivity contribution in [2.75, 3.05) is 0 Å². The molecule has 0 spiro atoms. The third-order valence-corrected chi connectivity index (χ3v) is 2.93. The monoisotopic (exact) mass is 269 g/mol. The first-order chi connectivity index (χ1) is 9.65. The molecule has 2 aromatic heterocycles. The molecule has 0 saturated carbocycles. The summed E-state index contributed by atoms with van der Waals surface area (Å²) in [7, 11) is 0. The number of aromatic nitrogens is 3. The second-order valence-electron chi connectivity index (χ2n) is 4.28. The molecule has 20 heavy (non-hydrogen) atoms. The van der Waals surface area contributed by atoms with E-state index in [1.165, 1.54) is 6.07 Å². The molecule has 0 bridgehead atoms. The van der Waals surface area contributed by atoms with Crippen LogP contribution < -0.4 is 4.74 Å². The van der Waals surface area contributed by atoms with E-state index in [0.29, 0.717) is 17.2 Å². The second-order valence-corrected chi connectivity index (χ2v) is 4.28. The fourth-order valence-electron chi connectivity index (χ4n) is 1.96. The van der Waals surface area contributed by atoms with Gasteiger partial charge in [0.05, 0.1) is 11.8 Å². The van der Waals surface area contributed by atoms with Crippen LogP contribution in [-0.4, -0.2) is 25.7 Å². The van der Waals surface area contributed by atoms with Crippen molar-refractivity contribution in [3.8, 4) is 11.6 Å². The van der Waals surface area contributed by atoms with E-state index in [4.69, 9.17) is 9.84 Å². The summed E-state index contributed by atoms with van der Waals surface area (Å²) in [5.41, 5.74) is 1.63. The van der Waals surface area contributed by atoms with Gasteiger partial charge in [-0.25, -0.2) is 14.3 Å². The molecule has 0 amide bonds. The van der Waals surface area contributed by atoms with Crippen LogP contribution in [0.4, 0.5) is 0 Å². The fraction of sp³-hybridized carbons (Fsp3) is 0.0714. The van der Waals surface area contributed by atoms with Crippen LogP contribution >= 0.6 is 0 Å². The topological polar surface area (TPSA) is 76.7 Å². The summed E-state index contributed by atoms with van der Waals surface area (Å²) in [5.74, 6) is 0.00633. The molecule has 3 aromatic rings. The molecule has 6 heteroatoms. The number of nitrogens with zero attached hydrogens (tertiary/aromatic N) is 3. The summed E-state index contributed by atoms with van der Waals surface area (Å²) in [6.45, 7) is 1.73. The maximum absolute atomic E-state index is 11.0. The van der Waals surface area contributed by atoms with Crippen molar-refractivity contribution in [3.05, 3.63) is 54.0 Å². The van der Waals surface area contributed by atoms with E-state index in [1.54, 1.807) is 48.2 Å². The molecule has 0 aliphatic heterocycles. The van der Waals surface area contributed by atoms with E-state index in [0.717, 1.165) is 5.52 Å². The number of carboxylic acid groups (broad SMARTS) is 1. The molecule has 0 fully saturated rings. The molecule has 0 aliphatic rings. The summed E-state index contributed by atoms with van der Waals surface area (Å²) in [6, 6.07) is 6.59. The van der Waals surface area contributed by atoms with Gasteiger partial charge in [-0.1, -0.05) is 0 Å². The van der Waals surface area contributed by atoms with Crippen LogP contribution in [0.3, 0.4) is 0 Å². The lowest BCUT2D eigenvalue weighted by molar-refractivity contribution is 0.0696. The van der Waals surface area contributed by atoms with Gasteiger partial charge in [-0.15, -0.1) is 0 Å². The minimum atomic E-state index is -0.954. The van der Waals surface area contributed by atoms with Crippen LogP contribution in [0, 0.1) is 6.92 Å². The molecule has 0 unspecified atom stereocenters. The molecule has 0 radical (unpaired) electrons. The number of fused-ring (bicyclic) bond motifs is 1. The lowest BCUT2D eigenvalue weighted by atomic mass is 10.1. The van der Waals surface area contributed by atoms with Gasteiger partial charge in [0.2, 0.25) is 5.88 Å². The molecular weight excluding hydrogens is 258 g/mol. The molecule has 3 rings (SSSR count). The Bertz CT molecular complexity index is 795. The molecule has 1 N–H and O–H groups in total. The Labute approximate surface area is 114 Å². The van der Waals surface area contributed by atoms with Crippen LogP contribution in [0.2, 0.25) is 0 Å². The molecule has 0 atom stereocenters. The Morgan fingerprint density at radius 1 is 1.30 bits per heavy atom. The van der Waals surface area contributed by atoms with Gasteiger partial charge < -0.3 is 9.84 Å². The number of ether oxygens (including phenoxy) is 1. The average molecular weight is 269 g/mol. The Kier molecular flexibility index (Phi) is 2.83. The summed E-state index contributed by atoms with van der Waals surface area (Å²) < 4.78 is 7.35. The first-order valence-corrected chi connectivity index (χ1v) is 5.95. The highest BCUT2D eigenvalue weighted by Gasteiger charge is 2.10. The van der Waals surface area contributed by atoms with Crippen LogP contribution in [0.15, 0.2) is 42.9 Å². The maximum Gasteiger partial charge on any atom is 0.335 e. The van der Waals surface area contributed by atoms with E-state index in [1.807, 2.05) is 0 Å². The number of aryl methyl sites for hydroxylation is 1. The number of carbonyl (C=O) groups is 1. The van der Waals surface area contributed by atoms with Crippen LogP contribution in [0.25, 0.3) is 5.52 Å². The summed E-state index contributed by atoms with van der Waals surface area (Å²) >= 11 is 0. The SMILES string of the molecule is Cc1cc(Oc2nccn3nccc23)ccc1C(=O)O. The first kappa shape index (κ1) is 12.2. The van der Waals surface area contributed by atoms with E-state index >= 15 is 0 Å². The van der Waals surface area contributed by atoms with Crippen molar-refractivity contribution in [3.63, 3.8) is 0 Å². The highest BCUT2D eigenvalue weighted by molar-refractivity contribution is 5.89. The van der Waals surface area contributed by atoms with Gasteiger partial charge in [-0.2, -0.15) is 5.10 Å². The highest BCUT2D eigenvalue weighted by Crippen LogP contribution is 2.25. The zero-order chi connectivity index (χ0) is 14.1. The van der Waals surface area contributed by atoms with Crippen molar-refractivity contribution >= 4 is 11.5 Å². The van der Waals surface area contributed by atoms with Gasteiger partial charge in [-0.05, 0) is 36.8 Å². The highest BCUT2D eigenvalue weighted by atomic mass is 16.5. The minimum absolute atomic E-state index is 0.257.